The van der Waals surface area contributed by atoms with Crippen LogP contribution in [0.2, 0.25) is 0 Å². The van der Waals surface area contributed by atoms with E-state index in [1.54, 1.807) is 26.0 Å². The average Bonchev–Trinajstić information content (AvgIpc) is 2.58. The van der Waals surface area contributed by atoms with Crippen molar-refractivity contribution < 1.29 is 13.5 Å². The summed E-state index contributed by atoms with van der Waals surface area (Å²) in [5.74, 6) is -0.333. The van der Waals surface area contributed by atoms with E-state index < -0.39 is 23.6 Å². The predicted molar refractivity (Wildman–Crippen MR) is 91.7 cm³/mol. The van der Waals surface area contributed by atoms with Gasteiger partial charge in [0.2, 0.25) is 5.95 Å². The van der Waals surface area contributed by atoms with Crippen LogP contribution in [-0.4, -0.2) is 33.9 Å². The van der Waals surface area contributed by atoms with Crippen molar-refractivity contribution in [3.05, 3.63) is 56.1 Å². The van der Waals surface area contributed by atoms with Crippen molar-refractivity contribution in [2.45, 2.75) is 38.5 Å². The first kappa shape index (κ1) is 18.2. The number of aromatic amines is 1. The number of halogens is 2. The van der Waals surface area contributed by atoms with Crippen molar-refractivity contribution in [3.8, 4) is 0 Å². The average molecular weight is 366 g/mol. The van der Waals surface area contributed by atoms with Gasteiger partial charge in [0.1, 0.15) is 12.0 Å². The van der Waals surface area contributed by atoms with Crippen LogP contribution in [0.5, 0.6) is 0 Å². The first-order valence-electron chi connectivity index (χ1n) is 8.34. The van der Waals surface area contributed by atoms with E-state index in [1.807, 2.05) is 0 Å². The Bertz CT molecular complexity index is 880. The molecule has 0 saturated carbocycles. The van der Waals surface area contributed by atoms with Gasteiger partial charge >= 0.3 is 11.4 Å². The lowest BCUT2D eigenvalue weighted by Gasteiger charge is -2.26. The van der Waals surface area contributed by atoms with E-state index in [4.69, 9.17) is 4.74 Å². The Labute approximate surface area is 148 Å². The minimum atomic E-state index is -1.44. The molecule has 1 aliphatic rings. The standard InChI is InChI=1S/C17H20F2N4O3/c1-9-7-11(3-4-12(9)18)10(2)20-15-21-16(24)23(17(25)22-15)14-5-6-26-8-13(14)19/h3-4,7,10,13-14H,5-6,8H2,1-2H3,(H2,20,21,22,24,25)/t10-,13+,14-/m0/s1. The molecule has 3 atom stereocenters. The fourth-order valence-corrected chi connectivity index (χ4v) is 3.00. The van der Waals surface area contributed by atoms with Crippen LogP contribution in [0, 0.1) is 12.7 Å². The molecule has 2 heterocycles. The summed E-state index contributed by atoms with van der Waals surface area (Å²) >= 11 is 0. The van der Waals surface area contributed by atoms with Crippen LogP contribution in [-0.2, 0) is 4.74 Å². The molecule has 0 bridgehead atoms. The summed E-state index contributed by atoms with van der Waals surface area (Å²) in [6, 6.07) is 3.41. The van der Waals surface area contributed by atoms with Crippen LogP contribution in [0.15, 0.2) is 27.8 Å². The molecule has 1 aromatic heterocycles. The molecular formula is C17H20F2N4O3. The van der Waals surface area contributed by atoms with E-state index in [0.29, 0.717) is 5.56 Å². The first-order chi connectivity index (χ1) is 12.4. The first-order valence-corrected chi connectivity index (χ1v) is 8.34. The smallest absolute Gasteiger partial charge is 0.355 e. The molecule has 26 heavy (non-hydrogen) atoms. The second-order valence-corrected chi connectivity index (χ2v) is 6.36. The van der Waals surface area contributed by atoms with Crippen LogP contribution < -0.4 is 16.7 Å². The van der Waals surface area contributed by atoms with Gasteiger partial charge < -0.3 is 10.1 Å². The molecule has 2 N–H and O–H groups in total. The highest BCUT2D eigenvalue weighted by Gasteiger charge is 2.30. The Morgan fingerprint density at radius 2 is 2.19 bits per heavy atom. The summed E-state index contributed by atoms with van der Waals surface area (Å²) in [6.45, 7) is 3.55. The van der Waals surface area contributed by atoms with E-state index in [1.165, 1.54) is 6.07 Å². The fraction of sp³-hybridized carbons (Fsp3) is 0.471. The molecule has 2 aromatic rings. The highest BCUT2D eigenvalue weighted by Crippen LogP contribution is 2.22. The van der Waals surface area contributed by atoms with Gasteiger partial charge in [0.15, 0.2) is 0 Å². The second kappa shape index (κ2) is 7.36. The number of nitrogens with zero attached hydrogens (tertiary/aromatic N) is 2. The van der Waals surface area contributed by atoms with Gasteiger partial charge in [0.25, 0.3) is 0 Å². The minimum Gasteiger partial charge on any atom is -0.378 e. The van der Waals surface area contributed by atoms with Gasteiger partial charge in [-0.1, -0.05) is 12.1 Å². The molecule has 7 nitrogen and oxygen atoms in total. The van der Waals surface area contributed by atoms with E-state index in [0.717, 1.165) is 10.1 Å². The Kier molecular flexibility index (Phi) is 5.17. The van der Waals surface area contributed by atoms with Crippen molar-refractivity contribution in [2.24, 2.45) is 0 Å². The van der Waals surface area contributed by atoms with Crippen molar-refractivity contribution in [1.82, 2.24) is 14.5 Å². The quantitative estimate of drug-likeness (QED) is 0.862. The molecule has 0 spiro atoms. The third-order valence-corrected chi connectivity index (χ3v) is 4.48. The number of hydrogen-bond donors (Lipinski definition) is 2. The summed E-state index contributed by atoms with van der Waals surface area (Å²) in [6.07, 6.45) is -1.21. The maximum Gasteiger partial charge on any atom is 0.355 e. The molecule has 140 valence electrons. The predicted octanol–water partition coefficient (Wildman–Crippen LogP) is 1.85. The molecule has 0 radical (unpaired) electrons. The fourth-order valence-electron chi connectivity index (χ4n) is 3.00. The zero-order valence-electron chi connectivity index (χ0n) is 14.5. The van der Waals surface area contributed by atoms with Crippen molar-refractivity contribution >= 4 is 5.95 Å². The van der Waals surface area contributed by atoms with E-state index >= 15 is 0 Å². The monoisotopic (exact) mass is 366 g/mol. The van der Waals surface area contributed by atoms with Gasteiger partial charge in [-0.3, -0.25) is 4.98 Å². The SMILES string of the molecule is Cc1cc([C@H](C)Nc2nc(=O)n([C@H]3CCOC[C@H]3F)c(=O)[nH]2)ccc1F. The molecule has 0 amide bonds. The Morgan fingerprint density at radius 3 is 2.85 bits per heavy atom. The molecule has 0 aliphatic carbocycles. The highest BCUT2D eigenvalue weighted by atomic mass is 19.1. The van der Waals surface area contributed by atoms with Crippen molar-refractivity contribution in [2.75, 3.05) is 18.5 Å². The third kappa shape index (κ3) is 3.67. The molecule has 1 saturated heterocycles. The normalized spacial score (nSPS) is 21.4. The topological polar surface area (TPSA) is 89.0 Å². The van der Waals surface area contributed by atoms with Crippen LogP contribution in [0.1, 0.15) is 36.6 Å². The molecule has 1 aliphatic heterocycles. The number of aromatic nitrogens is 3. The number of alkyl halides is 1. The van der Waals surface area contributed by atoms with Gasteiger partial charge in [-0.2, -0.15) is 4.98 Å². The third-order valence-electron chi connectivity index (χ3n) is 4.48. The van der Waals surface area contributed by atoms with Crippen LogP contribution >= 0.6 is 0 Å². The van der Waals surface area contributed by atoms with Crippen LogP contribution in [0.25, 0.3) is 0 Å². The number of H-pyrrole nitrogens is 1. The van der Waals surface area contributed by atoms with E-state index in [-0.39, 0.29) is 37.4 Å². The summed E-state index contributed by atoms with van der Waals surface area (Å²) in [5.41, 5.74) is -0.302. The molecule has 0 unspecified atom stereocenters. The minimum absolute atomic E-state index is 0.0202. The number of hydrogen-bond acceptors (Lipinski definition) is 5. The van der Waals surface area contributed by atoms with E-state index in [9.17, 15) is 18.4 Å². The van der Waals surface area contributed by atoms with Gasteiger partial charge in [-0.25, -0.2) is 22.9 Å². The number of anilines is 1. The lowest BCUT2D eigenvalue weighted by molar-refractivity contribution is 0.000716. The summed E-state index contributed by atoms with van der Waals surface area (Å²) in [4.78, 5) is 30.8. The number of nitrogens with one attached hydrogen (secondary N) is 2. The zero-order chi connectivity index (χ0) is 18.8. The van der Waals surface area contributed by atoms with Crippen LogP contribution in [0.3, 0.4) is 0 Å². The summed E-state index contributed by atoms with van der Waals surface area (Å²) < 4.78 is 33.2. The van der Waals surface area contributed by atoms with Gasteiger partial charge in [0, 0.05) is 6.61 Å². The maximum atomic E-state index is 14.0. The molecule has 9 heteroatoms. The number of aryl methyl sites for hydroxylation is 1. The number of rotatable bonds is 4. The number of ether oxygens (including phenoxy) is 1. The lowest BCUT2D eigenvalue weighted by Crippen LogP contribution is -2.46. The lowest BCUT2D eigenvalue weighted by atomic mass is 10.1. The largest absolute Gasteiger partial charge is 0.378 e. The Hall–Kier alpha value is -2.55. The van der Waals surface area contributed by atoms with Crippen LogP contribution in [0.4, 0.5) is 14.7 Å². The summed E-state index contributed by atoms with van der Waals surface area (Å²) in [5, 5.41) is 2.91. The van der Waals surface area contributed by atoms with Gasteiger partial charge in [-0.05, 0) is 37.5 Å². The molecular weight excluding hydrogens is 346 g/mol. The van der Waals surface area contributed by atoms with Gasteiger partial charge in [-0.15, -0.1) is 0 Å². The Balaban J connectivity index is 1.84. The zero-order valence-corrected chi connectivity index (χ0v) is 14.5. The number of benzene rings is 1. The molecule has 1 aromatic carbocycles. The van der Waals surface area contributed by atoms with Crippen molar-refractivity contribution in [1.29, 1.82) is 0 Å². The Morgan fingerprint density at radius 1 is 1.42 bits per heavy atom. The summed E-state index contributed by atoms with van der Waals surface area (Å²) in [7, 11) is 0. The molecule has 1 fully saturated rings. The highest BCUT2D eigenvalue weighted by molar-refractivity contribution is 5.33. The maximum absolute atomic E-state index is 14.0. The second-order valence-electron chi connectivity index (χ2n) is 6.36. The molecule has 3 rings (SSSR count). The van der Waals surface area contributed by atoms with Crippen molar-refractivity contribution in [3.63, 3.8) is 0 Å². The van der Waals surface area contributed by atoms with Gasteiger partial charge in [0.05, 0.1) is 18.7 Å². The van der Waals surface area contributed by atoms with E-state index in [2.05, 4.69) is 15.3 Å².